The molecule has 14 heavy (non-hydrogen) atoms. The molecule has 1 amide bonds. The Kier molecular flexibility index (Phi) is 2.28. The fourth-order valence-corrected chi connectivity index (χ4v) is 2.29. The van der Waals surface area contributed by atoms with E-state index in [0.717, 1.165) is 12.8 Å². The largest absolute Gasteiger partial charge is 0.335 e. The third kappa shape index (κ3) is 1.31. The second-order valence-electron chi connectivity index (χ2n) is 3.98. The molecule has 0 bridgehead atoms. The zero-order chi connectivity index (χ0) is 10.1. The van der Waals surface area contributed by atoms with Gasteiger partial charge in [-0.1, -0.05) is 24.3 Å². The van der Waals surface area contributed by atoms with Gasteiger partial charge in [-0.3, -0.25) is 4.79 Å². The summed E-state index contributed by atoms with van der Waals surface area (Å²) in [5.41, 5.74) is 2.67. The van der Waals surface area contributed by atoms with Crippen molar-refractivity contribution in [1.29, 1.82) is 0 Å². The van der Waals surface area contributed by atoms with Crippen molar-refractivity contribution in [2.75, 3.05) is 0 Å². The van der Waals surface area contributed by atoms with Crippen LogP contribution < -0.4 is 0 Å². The molecule has 2 nitrogen and oxygen atoms in total. The predicted molar refractivity (Wildman–Crippen MR) is 55.9 cm³/mol. The summed E-state index contributed by atoms with van der Waals surface area (Å²) in [5.74, 6) is 0. The minimum atomic E-state index is 0.215. The molecular weight excluding hydrogens is 174 g/mol. The van der Waals surface area contributed by atoms with Crippen molar-refractivity contribution in [3.63, 3.8) is 0 Å². The summed E-state index contributed by atoms with van der Waals surface area (Å²) in [6.07, 6.45) is 1.94. The number of hydrogen-bond donors (Lipinski definition) is 0. The van der Waals surface area contributed by atoms with Crippen molar-refractivity contribution in [3.8, 4) is 0 Å². The number of fused-ring (bicyclic) bond motifs is 1. The topological polar surface area (TPSA) is 20.3 Å². The summed E-state index contributed by atoms with van der Waals surface area (Å²) in [6.45, 7) is 4.18. The van der Waals surface area contributed by atoms with E-state index in [9.17, 15) is 4.79 Å². The third-order valence-corrected chi connectivity index (χ3v) is 3.10. The van der Waals surface area contributed by atoms with Crippen LogP contribution in [-0.2, 0) is 11.2 Å². The van der Waals surface area contributed by atoms with Crippen LogP contribution in [0.3, 0.4) is 0 Å². The first-order chi connectivity index (χ1) is 6.74. The van der Waals surface area contributed by atoms with Gasteiger partial charge in [0.1, 0.15) is 0 Å². The Morgan fingerprint density at radius 2 is 2.07 bits per heavy atom. The van der Waals surface area contributed by atoms with Crippen LogP contribution in [0, 0.1) is 0 Å². The van der Waals surface area contributed by atoms with Crippen molar-refractivity contribution in [1.82, 2.24) is 4.90 Å². The van der Waals surface area contributed by atoms with E-state index in [-0.39, 0.29) is 6.04 Å². The maximum Gasteiger partial charge on any atom is 0.210 e. The molecule has 0 aliphatic carbocycles. The van der Waals surface area contributed by atoms with Gasteiger partial charge in [-0.05, 0) is 31.4 Å². The molecule has 1 heterocycles. The number of nitrogens with zero attached hydrogens (tertiary/aromatic N) is 1. The molecule has 0 saturated heterocycles. The van der Waals surface area contributed by atoms with E-state index < -0.39 is 0 Å². The lowest BCUT2D eigenvalue weighted by atomic mass is 9.90. The van der Waals surface area contributed by atoms with Gasteiger partial charge in [-0.25, -0.2) is 0 Å². The van der Waals surface area contributed by atoms with Crippen LogP contribution in [0.5, 0.6) is 0 Å². The van der Waals surface area contributed by atoms with Crippen LogP contribution in [0.2, 0.25) is 0 Å². The van der Waals surface area contributed by atoms with Gasteiger partial charge in [0.15, 0.2) is 0 Å². The highest BCUT2D eigenvalue weighted by Crippen LogP contribution is 2.30. The molecule has 2 heteroatoms. The molecule has 74 valence electrons. The Balaban J connectivity index is 2.43. The Morgan fingerprint density at radius 1 is 1.36 bits per heavy atom. The average molecular weight is 189 g/mol. The van der Waals surface area contributed by atoms with Crippen LogP contribution in [0.15, 0.2) is 24.3 Å². The van der Waals surface area contributed by atoms with Gasteiger partial charge in [0.25, 0.3) is 0 Å². The second kappa shape index (κ2) is 3.45. The summed E-state index contributed by atoms with van der Waals surface area (Å²) in [7, 11) is 0. The van der Waals surface area contributed by atoms with Crippen LogP contribution in [0.4, 0.5) is 0 Å². The predicted octanol–water partition coefficient (Wildman–Crippen LogP) is 2.15. The zero-order valence-electron chi connectivity index (χ0n) is 8.60. The molecule has 0 saturated carbocycles. The van der Waals surface area contributed by atoms with Crippen LogP contribution in [-0.4, -0.2) is 17.4 Å². The summed E-state index contributed by atoms with van der Waals surface area (Å²) >= 11 is 0. The average Bonchev–Trinajstić information content (AvgIpc) is 2.18. The molecule has 0 unspecified atom stereocenters. The Labute approximate surface area is 84.5 Å². The molecule has 0 N–H and O–H groups in total. The van der Waals surface area contributed by atoms with Gasteiger partial charge in [0.05, 0.1) is 6.04 Å². The molecular formula is C12H15NO. The first-order valence-electron chi connectivity index (χ1n) is 5.04. The quantitative estimate of drug-likeness (QED) is 0.620. The van der Waals surface area contributed by atoms with Crippen LogP contribution in [0.25, 0.3) is 0 Å². The number of benzene rings is 1. The zero-order valence-corrected chi connectivity index (χ0v) is 8.60. The SMILES string of the molecule is C[C@H]1Cc2ccccc2[C@H](C)N1C=O. The first kappa shape index (κ1) is 9.25. The lowest BCUT2D eigenvalue weighted by Crippen LogP contribution is -2.39. The van der Waals surface area contributed by atoms with Crippen molar-refractivity contribution >= 4 is 6.41 Å². The highest BCUT2D eigenvalue weighted by Gasteiger charge is 2.27. The maximum atomic E-state index is 10.9. The Hall–Kier alpha value is -1.31. The molecule has 0 aromatic heterocycles. The molecule has 1 aliphatic rings. The van der Waals surface area contributed by atoms with Gasteiger partial charge in [0, 0.05) is 6.04 Å². The monoisotopic (exact) mass is 189 g/mol. The molecule has 2 rings (SSSR count). The standard InChI is InChI=1S/C12H15NO/c1-9-7-11-5-3-4-6-12(11)10(2)13(9)8-14/h3-6,8-10H,7H2,1-2H3/t9-,10-/m0/s1. The fourth-order valence-electron chi connectivity index (χ4n) is 2.29. The van der Waals surface area contributed by atoms with Gasteiger partial charge in [0.2, 0.25) is 6.41 Å². The number of rotatable bonds is 1. The summed E-state index contributed by atoms with van der Waals surface area (Å²) < 4.78 is 0. The van der Waals surface area contributed by atoms with E-state index in [2.05, 4.69) is 32.0 Å². The van der Waals surface area contributed by atoms with E-state index in [1.165, 1.54) is 11.1 Å². The van der Waals surface area contributed by atoms with E-state index in [0.29, 0.717) is 6.04 Å². The molecule has 1 aromatic carbocycles. The highest BCUT2D eigenvalue weighted by atomic mass is 16.1. The second-order valence-corrected chi connectivity index (χ2v) is 3.98. The Bertz CT molecular complexity index is 348. The van der Waals surface area contributed by atoms with E-state index in [1.807, 2.05) is 11.0 Å². The van der Waals surface area contributed by atoms with E-state index in [4.69, 9.17) is 0 Å². The molecule has 2 atom stereocenters. The normalized spacial score (nSPS) is 25.7. The van der Waals surface area contributed by atoms with Gasteiger partial charge >= 0.3 is 0 Å². The van der Waals surface area contributed by atoms with Crippen molar-refractivity contribution in [2.24, 2.45) is 0 Å². The minimum Gasteiger partial charge on any atom is -0.335 e. The lowest BCUT2D eigenvalue weighted by Gasteiger charge is -2.37. The maximum absolute atomic E-state index is 10.9. The van der Waals surface area contributed by atoms with Gasteiger partial charge in [-0.15, -0.1) is 0 Å². The first-order valence-corrected chi connectivity index (χ1v) is 5.04. The van der Waals surface area contributed by atoms with Crippen molar-refractivity contribution in [2.45, 2.75) is 32.4 Å². The smallest absolute Gasteiger partial charge is 0.210 e. The summed E-state index contributed by atoms with van der Waals surface area (Å²) in [6, 6.07) is 8.90. The minimum absolute atomic E-state index is 0.215. The fraction of sp³-hybridized carbons (Fsp3) is 0.417. The van der Waals surface area contributed by atoms with Gasteiger partial charge < -0.3 is 4.90 Å². The van der Waals surface area contributed by atoms with Crippen LogP contribution >= 0.6 is 0 Å². The van der Waals surface area contributed by atoms with E-state index in [1.54, 1.807) is 0 Å². The number of carbonyl (C=O) groups excluding carboxylic acids is 1. The summed E-state index contributed by atoms with van der Waals surface area (Å²) in [5, 5.41) is 0. The highest BCUT2D eigenvalue weighted by molar-refractivity contribution is 5.51. The number of amides is 1. The van der Waals surface area contributed by atoms with E-state index >= 15 is 0 Å². The molecule has 1 aliphatic heterocycles. The lowest BCUT2D eigenvalue weighted by molar-refractivity contribution is -0.122. The molecule has 0 spiro atoms. The summed E-state index contributed by atoms with van der Waals surface area (Å²) in [4.78, 5) is 12.8. The molecule has 0 radical (unpaired) electrons. The van der Waals surface area contributed by atoms with Crippen molar-refractivity contribution < 1.29 is 4.79 Å². The third-order valence-electron chi connectivity index (χ3n) is 3.10. The van der Waals surface area contributed by atoms with Gasteiger partial charge in [-0.2, -0.15) is 0 Å². The molecule has 0 fully saturated rings. The molecule has 1 aromatic rings. The van der Waals surface area contributed by atoms with Crippen molar-refractivity contribution in [3.05, 3.63) is 35.4 Å². The number of carbonyl (C=O) groups is 1. The Morgan fingerprint density at radius 3 is 2.79 bits per heavy atom. The van der Waals surface area contributed by atoms with Crippen LogP contribution in [0.1, 0.15) is 31.0 Å². The number of hydrogen-bond acceptors (Lipinski definition) is 1.